The lowest BCUT2D eigenvalue weighted by Crippen LogP contribution is -2.14. The van der Waals surface area contributed by atoms with Gasteiger partial charge in [0.1, 0.15) is 0 Å². The number of aromatic nitrogens is 4. The van der Waals surface area contributed by atoms with Crippen LogP contribution in [-0.4, -0.2) is 18.3 Å². The van der Waals surface area contributed by atoms with Gasteiger partial charge in [-0.25, -0.2) is 0 Å². The van der Waals surface area contributed by atoms with Crippen LogP contribution in [0.4, 0.5) is 0 Å². The van der Waals surface area contributed by atoms with E-state index in [1.807, 2.05) is 0 Å². The highest BCUT2D eigenvalue weighted by Crippen LogP contribution is 2.56. The van der Waals surface area contributed by atoms with E-state index in [0.717, 1.165) is 11.4 Å². The molecule has 28 rings (SSSR count). The van der Waals surface area contributed by atoms with Crippen molar-refractivity contribution in [1.29, 1.82) is 0 Å². The highest BCUT2D eigenvalue weighted by atomic mass is 15.0. The normalized spacial score (nSPS) is 13.0. The van der Waals surface area contributed by atoms with Crippen molar-refractivity contribution >= 4 is 130 Å². The van der Waals surface area contributed by atoms with Crippen LogP contribution < -0.4 is 0 Å². The lowest BCUT2D eigenvalue weighted by Gasteiger charge is -2.23. The first kappa shape index (κ1) is 77.1. The average Bonchev–Trinajstić information content (AvgIpc) is 1.27. The molecular weight excluding hydrogens is 1620 g/mol. The Balaban J connectivity index is 0.000000136. The Kier molecular flexibility index (Phi) is 17.1. The van der Waals surface area contributed by atoms with Crippen LogP contribution in [0.15, 0.2) is 461 Å². The molecule has 0 saturated heterocycles. The maximum atomic E-state index is 2.51. The van der Waals surface area contributed by atoms with Crippen LogP contribution in [0.5, 0.6) is 0 Å². The molecule has 22 aromatic carbocycles. The van der Waals surface area contributed by atoms with Gasteiger partial charge in [0.15, 0.2) is 0 Å². The van der Waals surface area contributed by atoms with Crippen LogP contribution in [0.25, 0.3) is 242 Å². The summed E-state index contributed by atoms with van der Waals surface area (Å²) in [5.41, 5.74) is 39.7. The molecule has 4 nitrogen and oxygen atoms in total. The lowest BCUT2D eigenvalue weighted by atomic mass is 9.80. The van der Waals surface area contributed by atoms with Crippen molar-refractivity contribution in [2.75, 3.05) is 0 Å². The minimum Gasteiger partial charge on any atom is -0.309 e. The predicted octanol–water partition coefficient (Wildman–Crippen LogP) is 35.0. The summed E-state index contributed by atoms with van der Waals surface area (Å²) in [5, 5.41) is 20.0. The molecule has 4 aromatic heterocycles. The molecule has 0 saturated carbocycles. The molecule has 0 radical (unpaired) electrons. The third kappa shape index (κ3) is 11.5. The van der Waals surface area contributed by atoms with Crippen molar-refractivity contribution in [3.05, 3.63) is 483 Å². The molecule has 2 aliphatic carbocycles. The van der Waals surface area contributed by atoms with Crippen molar-refractivity contribution < 1.29 is 0 Å². The van der Waals surface area contributed by atoms with Gasteiger partial charge >= 0.3 is 0 Å². The highest BCUT2D eigenvalue weighted by Gasteiger charge is 2.38. The topological polar surface area (TPSA) is 19.7 Å². The number of benzene rings is 22. The van der Waals surface area contributed by atoms with Crippen molar-refractivity contribution in [3.63, 3.8) is 0 Å². The van der Waals surface area contributed by atoms with Crippen molar-refractivity contribution in [2.24, 2.45) is 0 Å². The highest BCUT2D eigenvalue weighted by molar-refractivity contribution is 6.27. The molecule has 0 N–H and O–H groups in total. The standard InChI is InChI=1S/2C65H44N2/c1-65(2)56-32-12-9-23-46(56)47-38-37-41(39-57(47)65)62-50-28-15-26-44(48-30-17-35-60-63(48)52-24-10-13-33-58(52)66(60)42-19-5-3-6-20-42)54(50)40-55-45(27-16-29-51(55)62)49-31-18-36-61-64(49)53-25-11-14-34-59(53)67(61)43-21-7-4-8-22-43;1-65(2)58-28-12-9-21-48(58)49-34-31-43(39-59(49)65)64-52-26-15-24-46(41-32-35-62-56(37-41)50-22-10-13-29-60(50)66(62)44-17-5-3-6-18-44)54(52)40-55-47(25-16-27-53(55)64)42-33-36-63-57(38-42)51-23-11-14-30-61(51)67(63)45-19-7-4-8-20-45/h2*3-40H,1-2H3. The molecule has 0 bridgehead atoms. The second-order valence-corrected chi connectivity index (χ2v) is 37.6. The van der Waals surface area contributed by atoms with E-state index in [1.165, 1.54) is 253 Å². The van der Waals surface area contributed by atoms with Gasteiger partial charge in [-0.2, -0.15) is 0 Å². The molecule has 4 heterocycles. The van der Waals surface area contributed by atoms with Crippen molar-refractivity contribution in [2.45, 2.75) is 38.5 Å². The fraction of sp³-hybridized carbons (Fsp3) is 0.0462. The lowest BCUT2D eigenvalue weighted by molar-refractivity contribution is 0.660. The van der Waals surface area contributed by atoms with Gasteiger partial charge in [-0.05, 0) is 288 Å². The Labute approximate surface area is 776 Å². The third-order valence-electron chi connectivity index (χ3n) is 29.8. The summed E-state index contributed by atoms with van der Waals surface area (Å²) in [6, 6.07) is 172. The number of hydrogen-bond donors (Lipinski definition) is 0. The zero-order valence-corrected chi connectivity index (χ0v) is 74.7. The Bertz CT molecular complexity index is 8990. The third-order valence-corrected chi connectivity index (χ3v) is 29.8. The molecule has 0 spiro atoms. The van der Waals surface area contributed by atoms with Crippen LogP contribution in [0.3, 0.4) is 0 Å². The Hall–Kier alpha value is -16.9. The van der Waals surface area contributed by atoms with Gasteiger partial charge in [-0.15, -0.1) is 0 Å². The van der Waals surface area contributed by atoms with E-state index in [9.17, 15) is 0 Å². The summed E-state index contributed by atoms with van der Waals surface area (Å²) in [4.78, 5) is 0. The minimum absolute atomic E-state index is 0.124. The largest absolute Gasteiger partial charge is 0.309 e. The first-order valence-electron chi connectivity index (χ1n) is 46.9. The number of nitrogens with zero attached hydrogens (tertiary/aromatic N) is 4. The van der Waals surface area contributed by atoms with Gasteiger partial charge in [0.25, 0.3) is 0 Å². The molecule has 134 heavy (non-hydrogen) atoms. The SMILES string of the molecule is CC1(C)c2ccccc2-c2ccc(-c3c4cccc(-c5ccc6c(c5)c5ccccc5n6-c5ccccc5)c4cc4c(-c5ccc6c(c5)c5ccccc5n6-c5ccccc5)cccc34)cc21.CC1(C)c2ccccc2-c2ccc(-c3c4cccc(-c5cccc6c5c5ccccc5n6-c5ccccc5)c4cc4c(-c5cccc6c5c5ccccc5n6-c5ccccc5)cccc34)cc21. The number of fused-ring (bicyclic) bond motifs is 22. The van der Waals surface area contributed by atoms with E-state index in [-0.39, 0.29) is 10.8 Å². The van der Waals surface area contributed by atoms with E-state index >= 15 is 0 Å². The summed E-state index contributed by atoms with van der Waals surface area (Å²) in [6.07, 6.45) is 0. The van der Waals surface area contributed by atoms with Crippen LogP contribution in [0.2, 0.25) is 0 Å². The maximum absolute atomic E-state index is 2.51. The zero-order chi connectivity index (χ0) is 88.8. The van der Waals surface area contributed by atoms with E-state index < -0.39 is 0 Å². The van der Waals surface area contributed by atoms with Gasteiger partial charge in [-0.1, -0.05) is 355 Å². The maximum Gasteiger partial charge on any atom is 0.0547 e. The first-order chi connectivity index (χ1) is 66.1. The Morgan fingerprint density at radius 2 is 0.396 bits per heavy atom. The number of rotatable bonds is 10. The quantitative estimate of drug-likeness (QED) is 0.122. The molecule has 0 aliphatic heterocycles. The Morgan fingerprint density at radius 1 is 0.142 bits per heavy atom. The van der Waals surface area contributed by atoms with Crippen LogP contribution >= 0.6 is 0 Å². The molecule has 0 atom stereocenters. The number of para-hydroxylation sites is 8. The molecular formula is C130H88N4. The van der Waals surface area contributed by atoms with Gasteiger partial charge < -0.3 is 18.3 Å². The second kappa shape index (κ2) is 29.8. The fourth-order valence-corrected chi connectivity index (χ4v) is 23.8. The zero-order valence-electron chi connectivity index (χ0n) is 74.7. The van der Waals surface area contributed by atoms with E-state index in [2.05, 4.69) is 507 Å². The number of hydrogen-bond acceptors (Lipinski definition) is 0. The molecule has 26 aromatic rings. The van der Waals surface area contributed by atoms with Gasteiger partial charge in [-0.3, -0.25) is 0 Å². The van der Waals surface area contributed by atoms with Gasteiger partial charge in [0.2, 0.25) is 0 Å². The van der Waals surface area contributed by atoms with E-state index in [0.29, 0.717) is 0 Å². The predicted molar refractivity (Wildman–Crippen MR) is 568 cm³/mol. The van der Waals surface area contributed by atoms with Crippen LogP contribution in [0.1, 0.15) is 49.9 Å². The molecule has 628 valence electrons. The average molecular weight is 1710 g/mol. The fourth-order valence-electron chi connectivity index (χ4n) is 23.8. The Morgan fingerprint density at radius 3 is 0.776 bits per heavy atom. The summed E-state index contributed by atoms with van der Waals surface area (Å²) in [5.74, 6) is 0. The van der Waals surface area contributed by atoms with Gasteiger partial charge in [0, 0.05) is 76.7 Å². The van der Waals surface area contributed by atoms with Crippen LogP contribution in [-0.2, 0) is 10.8 Å². The molecule has 0 amide bonds. The van der Waals surface area contributed by atoms with Gasteiger partial charge in [0.05, 0.1) is 44.1 Å². The monoisotopic (exact) mass is 1700 g/mol. The molecule has 4 heteroatoms. The minimum atomic E-state index is -0.135. The first-order valence-corrected chi connectivity index (χ1v) is 46.9. The molecule has 2 aliphatic rings. The summed E-state index contributed by atoms with van der Waals surface area (Å²) in [7, 11) is 0. The molecule has 0 fully saturated rings. The summed E-state index contributed by atoms with van der Waals surface area (Å²) in [6.45, 7) is 9.54. The van der Waals surface area contributed by atoms with E-state index in [4.69, 9.17) is 0 Å². The van der Waals surface area contributed by atoms with E-state index in [1.54, 1.807) is 0 Å². The summed E-state index contributed by atoms with van der Waals surface area (Å²) >= 11 is 0. The smallest absolute Gasteiger partial charge is 0.0547 e. The molecule has 0 unspecified atom stereocenters. The second-order valence-electron chi connectivity index (χ2n) is 37.6. The van der Waals surface area contributed by atoms with Crippen molar-refractivity contribution in [1.82, 2.24) is 18.3 Å². The summed E-state index contributed by atoms with van der Waals surface area (Å²) < 4.78 is 9.65. The van der Waals surface area contributed by atoms with Crippen molar-refractivity contribution in [3.8, 4) is 112 Å². The van der Waals surface area contributed by atoms with Crippen LogP contribution in [0, 0.1) is 0 Å².